The van der Waals surface area contributed by atoms with Gasteiger partial charge in [-0.25, -0.2) is 0 Å². The molecule has 0 aliphatic carbocycles. The van der Waals surface area contributed by atoms with Crippen LogP contribution in [0.3, 0.4) is 0 Å². The van der Waals surface area contributed by atoms with Gasteiger partial charge in [0.1, 0.15) is 0 Å². The standard InChI is InChI=1S/C15H13ClN2O2S/c16-11-7-4-8-12(17)14(11)21-9-13(19)18-15(20)10-5-2-1-3-6-10/h1-8H,9,17H2,(H,18,19,20). The minimum atomic E-state index is -0.423. The largest absolute Gasteiger partial charge is 0.398 e. The van der Waals surface area contributed by atoms with E-state index in [1.807, 2.05) is 0 Å². The van der Waals surface area contributed by atoms with Gasteiger partial charge >= 0.3 is 0 Å². The lowest BCUT2D eigenvalue weighted by atomic mass is 10.2. The number of nitrogen functional groups attached to an aromatic ring is 1. The molecule has 0 unspecified atom stereocenters. The van der Waals surface area contributed by atoms with Crippen molar-refractivity contribution in [3.63, 3.8) is 0 Å². The molecule has 2 rings (SSSR count). The van der Waals surface area contributed by atoms with Gasteiger partial charge in [0.05, 0.1) is 10.8 Å². The molecule has 6 heteroatoms. The van der Waals surface area contributed by atoms with Crippen LogP contribution >= 0.6 is 23.4 Å². The highest BCUT2D eigenvalue weighted by atomic mass is 35.5. The smallest absolute Gasteiger partial charge is 0.257 e. The fraction of sp³-hybridized carbons (Fsp3) is 0.0667. The first-order valence-electron chi connectivity index (χ1n) is 6.14. The van der Waals surface area contributed by atoms with Gasteiger partial charge in [-0.1, -0.05) is 35.9 Å². The minimum absolute atomic E-state index is 0.0620. The minimum Gasteiger partial charge on any atom is -0.398 e. The highest BCUT2D eigenvalue weighted by Gasteiger charge is 2.12. The molecule has 0 atom stereocenters. The van der Waals surface area contributed by atoms with E-state index in [4.69, 9.17) is 17.3 Å². The summed E-state index contributed by atoms with van der Waals surface area (Å²) in [7, 11) is 0. The van der Waals surface area contributed by atoms with Crippen molar-refractivity contribution in [2.75, 3.05) is 11.5 Å². The quantitative estimate of drug-likeness (QED) is 0.671. The summed E-state index contributed by atoms with van der Waals surface area (Å²) >= 11 is 7.21. The molecule has 0 aliphatic heterocycles. The molecule has 0 fully saturated rings. The number of nitrogens with two attached hydrogens (primary N) is 1. The predicted octanol–water partition coefficient (Wildman–Crippen LogP) is 2.97. The average molecular weight is 321 g/mol. The number of hydrogen-bond donors (Lipinski definition) is 2. The molecule has 0 saturated carbocycles. The van der Waals surface area contributed by atoms with Gasteiger partial charge in [0.15, 0.2) is 0 Å². The Morgan fingerprint density at radius 3 is 2.48 bits per heavy atom. The monoisotopic (exact) mass is 320 g/mol. The van der Waals surface area contributed by atoms with Crippen LogP contribution in [0.4, 0.5) is 5.69 Å². The zero-order valence-corrected chi connectivity index (χ0v) is 12.6. The van der Waals surface area contributed by atoms with Crippen LogP contribution in [0.25, 0.3) is 0 Å². The average Bonchev–Trinajstić information content (AvgIpc) is 2.47. The van der Waals surface area contributed by atoms with Gasteiger partial charge in [0.25, 0.3) is 5.91 Å². The van der Waals surface area contributed by atoms with Crippen molar-refractivity contribution in [1.29, 1.82) is 0 Å². The number of carbonyl (C=O) groups excluding carboxylic acids is 2. The number of amides is 2. The second kappa shape index (κ2) is 7.15. The lowest BCUT2D eigenvalue weighted by molar-refractivity contribution is -0.117. The topological polar surface area (TPSA) is 72.2 Å². The van der Waals surface area contributed by atoms with Crippen molar-refractivity contribution in [3.05, 3.63) is 59.1 Å². The molecule has 2 aromatic carbocycles. The van der Waals surface area contributed by atoms with E-state index in [0.29, 0.717) is 21.2 Å². The summed E-state index contributed by atoms with van der Waals surface area (Å²) in [6, 6.07) is 13.7. The van der Waals surface area contributed by atoms with E-state index < -0.39 is 11.8 Å². The highest BCUT2D eigenvalue weighted by Crippen LogP contribution is 2.32. The van der Waals surface area contributed by atoms with E-state index in [2.05, 4.69) is 5.32 Å². The summed E-state index contributed by atoms with van der Waals surface area (Å²) in [4.78, 5) is 24.2. The highest BCUT2D eigenvalue weighted by molar-refractivity contribution is 8.00. The molecule has 2 aromatic rings. The van der Waals surface area contributed by atoms with Crippen LogP contribution in [-0.2, 0) is 4.79 Å². The maximum Gasteiger partial charge on any atom is 0.257 e. The normalized spacial score (nSPS) is 10.1. The lowest BCUT2D eigenvalue weighted by Gasteiger charge is -2.07. The van der Waals surface area contributed by atoms with E-state index in [0.717, 1.165) is 0 Å². The van der Waals surface area contributed by atoms with E-state index in [-0.39, 0.29) is 5.75 Å². The van der Waals surface area contributed by atoms with Gasteiger partial charge in [-0.05, 0) is 24.3 Å². The first kappa shape index (κ1) is 15.4. The Morgan fingerprint density at radius 2 is 1.81 bits per heavy atom. The molecule has 0 saturated heterocycles. The fourth-order valence-electron chi connectivity index (χ4n) is 1.64. The summed E-state index contributed by atoms with van der Waals surface area (Å²) < 4.78 is 0. The summed E-state index contributed by atoms with van der Waals surface area (Å²) in [5, 5.41) is 2.81. The van der Waals surface area contributed by atoms with Crippen molar-refractivity contribution in [1.82, 2.24) is 5.32 Å². The second-order valence-corrected chi connectivity index (χ2v) is 5.58. The number of imide groups is 1. The number of thioether (sulfide) groups is 1. The summed E-state index contributed by atoms with van der Waals surface area (Å²) in [5.74, 6) is -0.756. The first-order valence-corrected chi connectivity index (χ1v) is 7.50. The van der Waals surface area contributed by atoms with E-state index in [1.54, 1.807) is 48.5 Å². The molecular formula is C15H13ClN2O2S. The van der Waals surface area contributed by atoms with Crippen molar-refractivity contribution >= 4 is 40.9 Å². The van der Waals surface area contributed by atoms with Crippen LogP contribution in [0.2, 0.25) is 5.02 Å². The number of benzene rings is 2. The van der Waals surface area contributed by atoms with Crippen LogP contribution in [-0.4, -0.2) is 17.6 Å². The van der Waals surface area contributed by atoms with Crippen LogP contribution in [0.1, 0.15) is 10.4 Å². The van der Waals surface area contributed by atoms with Gasteiger partial charge in [-0.3, -0.25) is 14.9 Å². The molecule has 0 heterocycles. The Bertz CT molecular complexity index is 642. The summed E-state index contributed by atoms with van der Waals surface area (Å²) in [5.41, 5.74) is 6.74. The van der Waals surface area contributed by atoms with Crippen LogP contribution in [0.15, 0.2) is 53.4 Å². The number of carbonyl (C=O) groups is 2. The van der Waals surface area contributed by atoms with Crippen molar-refractivity contribution in [2.45, 2.75) is 4.90 Å². The lowest BCUT2D eigenvalue weighted by Crippen LogP contribution is -2.31. The second-order valence-electron chi connectivity index (χ2n) is 4.19. The molecule has 3 N–H and O–H groups in total. The predicted molar refractivity (Wildman–Crippen MR) is 85.5 cm³/mol. The van der Waals surface area contributed by atoms with Crippen molar-refractivity contribution in [2.24, 2.45) is 0 Å². The number of halogens is 1. The van der Waals surface area contributed by atoms with Crippen LogP contribution < -0.4 is 11.1 Å². The third-order valence-corrected chi connectivity index (χ3v) is 4.21. The first-order chi connectivity index (χ1) is 10.1. The van der Waals surface area contributed by atoms with Crippen molar-refractivity contribution in [3.8, 4) is 0 Å². The Labute approximate surface area is 131 Å². The third kappa shape index (κ3) is 4.24. The molecule has 0 aromatic heterocycles. The Balaban J connectivity index is 1.92. The molecule has 21 heavy (non-hydrogen) atoms. The molecule has 0 bridgehead atoms. The van der Waals surface area contributed by atoms with Crippen molar-refractivity contribution < 1.29 is 9.59 Å². The van der Waals surface area contributed by atoms with Gasteiger partial charge in [-0.15, -0.1) is 11.8 Å². The molecule has 0 spiro atoms. The summed E-state index contributed by atoms with van der Waals surface area (Å²) in [6.07, 6.45) is 0. The van der Waals surface area contributed by atoms with E-state index in [9.17, 15) is 9.59 Å². The van der Waals surface area contributed by atoms with Gasteiger partial charge < -0.3 is 5.73 Å². The fourth-order valence-corrected chi connectivity index (χ4v) is 2.77. The number of anilines is 1. The zero-order valence-electron chi connectivity index (χ0n) is 11.0. The van der Waals surface area contributed by atoms with Crippen LogP contribution in [0.5, 0.6) is 0 Å². The molecule has 0 radical (unpaired) electrons. The Kier molecular flexibility index (Phi) is 5.25. The number of hydrogen-bond acceptors (Lipinski definition) is 4. The SMILES string of the molecule is Nc1cccc(Cl)c1SCC(=O)NC(=O)c1ccccc1. The molecule has 2 amide bonds. The van der Waals surface area contributed by atoms with E-state index in [1.165, 1.54) is 11.8 Å². The Hall–Kier alpha value is -1.98. The molecule has 108 valence electrons. The number of nitrogens with one attached hydrogen (secondary N) is 1. The van der Waals surface area contributed by atoms with Gasteiger partial charge in [0.2, 0.25) is 5.91 Å². The van der Waals surface area contributed by atoms with Gasteiger partial charge in [-0.2, -0.15) is 0 Å². The molecule has 4 nitrogen and oxygen atoms in total. The molecule has 0 aliphatic rings. The third-order valence-electron chi connectivity index (χ3n) is 2.63. The van der Waals surface area contributed by atoms with Gasteiger partial charge in [0, 0.05) is 16.1 Å². The van der Waals surface area contributed by atoms with Crippen LogP contribution in [0, 0.1) is 0 Å². The zero-order chi connectivity index (χ0) is 15.2. The van der Waals surface area contributed by atoms with E-state index >= 15 is 0 Å². The maximum atomic E-state index is 11.8. The maximum absolute atomic E-state index is 11.8. The molecular weight excluding hydrogens is 308 g/mol. The number of rotatable bonds is 4. The summed E-state index contributed by atoms with van der Waals surface area (Å²) in [6.45, 7) is 0. The Morgan fingerprint density at radius 1 is 1.10 bits per heavy atom.